The summed E-state index contributed by atoms with van der Waals surface area (Å²) in [6.45, 7) is 2.37. The molecular formula is C11H14ClN3O. The zero-order chi connectivity index (χ0) is 11.9. The summed E-state index contributed by atoms with van der Waals surface area (Å²) in [4.78, 5) is 12.0. The molecular weight excluding hydrogens is 226 g/mol. The van der Waals surface area contributed by atoms with Gasteiger partial charge >= 0.3 is 5.69 Å². The Hall–Kier alpha value is -1.26. The number of para-hydroxylation sites is 1. The first-order valence-corrected chi connectivity index (χ1v) is 5.49. The van der Waals surface area contributed by atoms with Crippen LogP contribution in [0.4, 0.5) is 0 Å². The molecule has 2 N–H and O–H groups in total. The highest BCUT2D eigenvalue weighted by Gasteiger charge is 2.13. The SMILES string of the molecule is CC(N)Cn1c(=O)n(C)c2c(Cl)cccc21. The summed E-state index contributed by atoms with van der Waals surface area (Å²) >= 11 is 6.08. The molecule has 4 nitrogen and oxygen atoms in total. The molecule has 0 saturated heterocycles. The third-order valence-corrected chi connectivity index (χ3v) is 2.89. The Morgan fingerprint density at radius 3 is 2.81 bits per heavy atom. The first-order valence-electron chi connectivity index (χ1n) is 5.11. The van der Waals surface area contributed by atoms with Crippen molar-refractivity contribution >= 4 is 22.6 Å². The van der Waals surface area contributed by atoms with E-state index in [1.54, 1.807) is 22.2 Å². The lowest BCUT2D eigenvalue weighted by molar-refractivity contribution is 0.577. The molecule has 0 aliphatic heterocycles. The molecule has 0 spiro atoms. The monoisotopic (exact) mass is 239 g/mol. The van der Waals surface area contributed by atoms with Crippen molar-refractivity contribution in [3.8, 4) is 0 Å². The van der Waals surface area contributed by atoms with Gasteiger partial charge in [-0.3, -0.25) is 9.13 Å². The second kappa shape index (κ2) is 3.96. The van der Waals surface area contributed by atoms with Crippen LogP contribution in [0, 0.1) is 0 Å². The molecule has 2 aromatic rings. The van der Waals surface area contributed by atoms with E-state index in [0.29, 0.717) is 11.6 Å². The smallest absolute Gasteiger partial charge is 0.326 e. The Bertz CT molecular complexity index is 583. The van der Waals surface area contributed by atoms with Crippen LogP contribution in [-0.2, 0) is 13.6 Å². The lowest BCUT2D eigenvalue weighted by Crippen LogP contribution is -2.30. The van der Waals surface area contributed by atoms with Crippen LogP contribution in [0.5, 0.6) is 0 Å². The maximum Gasteiger partial charge on any atom is 0.328 e. The minimum atomic E-state index is -0.0830. The molecule has 1 heterocycles. The van der Waals surface area contributed by atoms with E-state index in [-0.39, 0.29) is 11.7 Å². The minimum absolute atomic E-state index is 0.0673. The van der Waals surface area contributed by atoms with Gasteiger partial charge < -0.3 is 5.73 Å². The number of imidazole rings is 1. The Balaban J connectivity index is 2.79. The Labute approximate surface area is 98.2 Å². The molecule has 0 bridgehead atoms. The summed E-state index contributed by atoms with van der Waals surface area (Å²) in [6.07, 6.45) is 0. The van der Waals surface area contributed by atoms with Gasteiger partial charge in [0, 0.05) is 19.6 Å². The van der Waals surface area contributed by atoms with Crippen molar-refractivity contribution in [2.45, 2.75) is 19.5 Å². The largest absolute Gasteiger partial charge is 0.328 e. The van der Waals surface area contributed by atoms with Gasteiger partial charge in [-0.05, 0) is 19.1 Å². The van der Waals surface area contributed by atoms with E-state index < -0.39 is 0 Å². The summed E-state index contributed by atoms with van der Waals surface area (Å²) in [6, 6.07) is 5.43. The van der Waals surface area contributed by atoms with E-state index in [1.807, 2.05) is 19.1 Å². The fourth-order valence-electron chi connectivity index (χ4n) is 1.90. The molecule has 0 radical (unpaired) electrons. The number of halogens is 1. The van der Waals surface area contributed by atoms with Crippen molar-refractivity contribution in [3.63, 3.8) is 0 Å². The van der Waals surface area contributed by atoms with Gasteiger partial charge in [-0.1, -0.05) is 17.7 Å². The fourth-order valence-corrected chi connectivity index (χ4v) is 2.19. The van der Waals surface area contributed by atoms with E-state index in [0.717, 1.165) is 11.0 Å². The summed E-state index contributed by atoms with van der Waals surface area (Å²) in [7, 11) is 1.72. The zero-order valence-electron chi connectivity index (χ0n) is 9.27. The Morgan fingerprint density at radius 2 is 2.19 bits per heavy atom. The normalized spacial score (nSPS) is 13.2. The van der Waals surface area contributed by atoms with E-state index in [1.165, 1.54) is 0 Å². The molecule has 1 aromatic heterocycles. The van der Waals surface area contributed by atoms with Crippen LogP contribution in [0.25, 0.3) is 11.0 Å². The van der Waals surface area contributed by atoms with E-state index >= 15 is 0 Å². The van der Waals surface area contributed by atoms with Gasteiger partial charge in [0.2, 0.25) is 0 Å². The molecule has 1 unspecified atom stereocenters. The second-order valence-corrected chi connectivity index (χ2v) is 4.44. The summed E-state index contributed by atoms with van der Waals surface area (Å²) in [5.74, 6) is 0. The van der Waals surface area contributed by atoms with Crippen molar-refractivity contribution in [2.24, 2.45) is 12.8 Å². The van der Waals surface area contributed by atoms with E-state index in [9.17, 15) is 4.79 Å². The molecule has 1 aromatic carbocycles. The topological polar surface area (TPSA) is 52.9 Å². The standard InChI is InChI=1S/C11H14ClN3O/c1-7(13)6-15-9-5-3-4-8(12)10(9)14(2)11(15)16/h3-5,7H,6,13H2,1-2H3. The second-order valence-electron chi connectivity index (χ2n) is 4.04. The molecule has 0 aliphatic rings. The maximum atomic E-state index is 12.0. The molecule has 0 saturated carbocycles. The lowest BCUT2D eigenvalue weighted by atomic mass is 10.3. The van der Waals surface area contributed by atoms with Gasteiger partial charge in [0.1, 0.15) is 0 Å². The average Bonchev–Trinajstić information content (AvgIpc) is 2.44. The minimum Gasteiger partial charge on any atom is -0.326 e. The number of benzene rings is 1. The number of rotatable bonds is 2. The predicted octanol–water partition coefficient (Wildman–Crippen LogP) is 1.34. The van der Waals surface area contributed by atoms with Crippen LogP contribution in [0.2, 0.25) is 5.02 Å². The number of aryl methyl sites for hydroxylation is 1. The van der Waals surface area contributed by atoms with E-state index in [2.05, 4.69) is 0 Å². The summed E-state index contributed by atoms with van der Waals surface area (Å²) in [5.41, 5.74) is 7.24. The number of nitrogens with two attached hydrogens (primary N) is 1. The van der Waals surface area contributed by atoms with Crippen LogP contribution in [0.15, 0.2) is 23.0 Å². The van der Waals surface area contributed by atoms with Crippen LogP contribution >= 0.6 is 11.6 Å². The number of hydrogen-bond donors (Lipinski definition) is 1. The number of fused-ring (bicyclic) bond motifs is 1. The highest BCUT2D eigenvalue weighted by molar-refractivity contribution is 6.34. The highest BCUT2D eigenvalue weighted by atomic mass is 35.5. The molecule has 16 heavy (non-hydrogen) atoms. The zero-order valence-corrected chi connectivity index (χ0v) is 10.0. The first kappa shape index (κ1) is 11.2. The average molecular weight is 240 g/mol. The van der Waals surface area contributed by atoms with Gasteiger partial charge in [-0.15, -0.1) is 0 Å². The van der Waals surface area contributed by atoms with Crippen molar-refractivity contribution in [2.75, 3.05) is 0 Å². The van der Waals surface area contributed by atoms with Gasteiger partial charge in [-0.25, -0.2) is 4.79 Å². The van der Waals surface area contributed by atoms with Crippen molar-refractivity contribution in [1.29, 1.82) is 0 Å². The highest BCUT2D eigenvalue weighted by Crippen LogP contribution is 2.21. The van der Waals surface area contributed by atoms with Gasteiger partial charge in [0.05, 0.1) is 16.1 Å². The third-order valence-electron chi connectivity index (χ3n) is 2.58. The number of hydrogen-bond acceptors (Lipinski definition) is 2. The van der Waals surface area contributed by atoms with Crippen molar-refractivity contribution in [3.05, 3.63) is 33.7 Å². The van der Waals surface area contributed by atoms with E-state index in [4.69, 9.17) is 17.3 Å². The van der Waals surface area contributed by atoms with Crippen molar-refractivity contribution in [1.82, 2.24) is 9.13 Å². The first-order chi connectivity index (χ1) is 7.52. The number of nitrogens with zero attached hydrogens (tertiary/aromatic N) is 2. The molecule has 1 atom stereocenters. The van der Waals surface area contributed by atoms with Gasteiger partial charge in [0.15, 0.2) is 0 Å². The quantitative estimate of drug-likeness (QED) is 0.860. The van der Waals surface area contributed by atoms with Crippen molar-refractivity contribution < 1.29 is 0 Å². The summed E-state index contributed by atoms with van der Waals surface area (Å²) < 4.78 is 3.21. The van der Waals surface area contributed by atoms with Crippen LogP contribution < -0.4 is 11.4 Å². The maximum absolute atomic E-state index is 12.0. The third kappa shape index (κ3) is 1.64. The molecule has 86 valence electrons. The van der Waals surface area contributed by atoms with Crippen LogP contribution in [0.3, 0.4) is 0 Å². The van der Waals surface area contributed by atoms with Crippen LogP contribution in [-0.4, -0.2) is 15.2 Å². The molecule has 0 aliphatic carbocycles. The van der Waals surface area contributed by atoms with Gasteiger partial charge in [-0.2, -0.15) is 0 Å². The summed E-state index contributed by atoms with van der Waals surface area (Å²) in [5, 5.41) is 0.584. The molecule has 5 heteroatoms. The van der Waals surface area contributed by atoms with Crippen LogP contribution in [0.1, 0.15) is 6.92 Å². The van der Waals surface area contributed by atoms with Gasteiger partial charge in [0.25, 0.3) is 0 Å². The fraction of sp³-hybridized carbons (Fsp3) is 0.364. The Morgan fingerprint density at radius 1 is 1.50 bits per heavy atom. The predicted molar refractivity (Wildman–Crippen MR) is 65.8 cm³/mol. The number of aromatic nitrogens is 2. The Kier molecular flexibility index (Phi) is 2.78. The molecule has 0 fully saturated rings. The molecule has 2 rings (SSSR count). The lowest BCUT2D eigenvalue weighted by Gasteiger charge is -2.06. The molecule has 0 amide bonds.